The number of H-pyrrole nitrogens is 1. The van der Waals surface area contributed by atoms with Crippen molar-refractivity contribution in [2.45, 2.75) is 25.9 Å². The summed E-state index contributed by atoms with van der Waals surface area (Å²) in [5.74, 6) is -0.307. The van der Waals surface area contributed by atoms with E-state index in [0.29, 0.717) is 25.9 Å². The van der Waals surface area contributed by atoms with E-state index in [1.807, 2.05) is 38.0 Å². The van der Waals surface area contributed by atoms with Gasteiger partial charge in [-0.15, -0.1) is 0 Å². The third kappa shape index (κ3) is 3.84. The maximum atomic E-state index is 13.8. The molecular weight excluding hydrogens is 492 g/mol. The number of aromatic nitrogens is 4. The smallest absolute Gasteiger partial charge is 0.335 e. The summed E-state index contributed by atoms with van der Waals surface area (Å²) < 4.78 is 2.30. The Bertz CT molecular complexity index is 2010. The van der Waals surface area contributed by atoms with Crippen molar-refractivity contribution in [2.75, 3.05) is 41.3 Å². The first-order valence-corrected chi connectivity index (χ1v) is 12.3. The van der Waals surface area contributed by atoms with E-state index in [9.17, 15) is 29.1 Å². The van der Waals surface area contributed by atoms with Crippen LogP contribution >= 0.6 is 0 Å². The van der Waals surface area contributed by atoms with E-state index in [0.717, 1.165) is 4.57 Å². The van der Waals surface area contributed by atoms with Crippen molar-refractivity contribution in [1.82, 2.24) is 28.9 Å². The van der Waals surface area contributed by atoms with Gasteiger partial charge >= 0.3 is 11.1 Å². The van der Waals surface area contributed by atoms with E-state index in [2.05, 4.69) is 9.97 Å². The number of fused-ring (bicyclic) bond motifs is 3. The van der Waals surface area contributed by atoms with Gasteiger partial charge in [0.1, 0.15) is 5.52 Å². The lowest BCUT2D eigenvalue weighted by Gasteiger charge is -2.18. The fourth-order valence-corrected chi connectivity index (χ4v) is 5.20. The molecule has 0 fully saturated rings. The number of hydrogen-bond acceptors (Lipinski definition) is 9. The highest BCUT2D eigenvalue weighted by atomic mass is 16.3. The van der Waals surface area contributed by atoms with Gasteiger partial charge in [0.2, 0.25) is 5.88 Å². The molecule has 0 spiro atoms. The summed E-state index contributed by atoms with van der Waals surface area (Å²) in [7, 11) is 7.54. The Morgan fingerprint density at radius 3 is 1.95 bits per heavy atom. The summed E-state index contributed by atoms with van der Waals surface area (Å²) in [6.45, 7) is 1.60. The van der Waals surface area contributed by atoms with Gasteiger partial charge in [0.15, 0.2) is 0 Å². The predicted molar refractivity (Wildman–Crippen MR) is 146 cm³/mol. The Kier molecular flexibility index (Phi) is 6.24. The highest BCUT2D eigenvalue weighted by molar-refractivity contribution is 6.32. The molecule has 0 atom stereocenters. The molecule has 3 heterocycles. The summed E-state index contributed by atoms with van der Waals surface area (Å²) in [6, 6.07) is 3.05. The third-order valence-corrected chi connectivity index (χ3v) is 6.94. The second-order valence-electron chi connectivity index (χ2n) is 10.1. The molecule has 0 aliphatic heterocycles. The molecular formula is C26H28N6O6. The first kappa shape index (κ1) is 25.5. The predicted octanol–water partition coefficient (Wildman–Crippen LogP) is -0.0889. The lowest BCUT2D eigenvalue weighted by molar-refractivity contribution is 0.365. The van der Waals surface area contributed by atoms with E-state index >= 15 is 0 Å². The molecule has 0 radical (unpaired) electrons. The Labute approximate surface area is 214 Å². The lowest BCUT2D eigenvalue weighted by atomic mass is 9.94. The lowest BCUT2D eigenvalue weighted by Crippen LogP contribution is -2.36. The zero-order chi connectivity index (χ0) is 27.5. The van der Waals surface area contributed by atoms with Crippen LogP contribution in [0.4, 0.5) is 0 Å². The second-order valence-corrected chi connectivity index (χ2v) is 10.1. The first-order chi connectivity index (χ1) is 18.0. The Morgan fingerprint density at radius 2 is 1.32 bits per heavy atom. The van der Waals surface area contributed by atoms with Crippen molar-refractivity contribution in [3.63, 3.8) is 0 Å². The highest BCUT2D eigenvalue weighted by Gasteiger charge is 2.26. The minimum Gasteiger partial charge on any atom is -0.494 e. The standard InChI is InChI=1S/C26H28N6O6/c1-29(2)9-5-11-31-23(35)13-7-8-14-16-15(13)17(25(31)37)19-20(28-22(34)21(33)27-19)18(16)26(38)32(24(14)36)12-6-10-30(3)4/h7-8,35H,5-6,9-12H2,1-4H3,(H,28,34). The molecule has 0 unspecified atom stereocenters. The summed E-state index contributed by atoms with van der Waals surface area (Å²) >= 11 is 0. The van der Waals surface area contributed by atoms with E-state index in [-0.39, 0.29) is 62.3 Å². The van der Waals surface area contributed by atoms with Crippen LogP contribution in [0.5, 0.6) is 5.88 Å². The normalized spacial score (nSPS) is 12.4. The van der Waals surface area contributed by atoms with Gasteiger partial charge in [-0.3, -0.25) is 33.1 Å². The molecule has 3 aromatic heterocycles. The Hall–Kier alpha value is -4.16. The number of hydrogen-bond donors (Lipinski definition) is 2. The van der Waals surface area contributed by atoms with Crippen molar-refractivity contribution in [3.8, 4) is 5.88 Å². The molecule has 0 aliphatic rings. The van der Waals surface area contributed by atoms with Gasteiger partial charge in [-0.05, 0) is 66.3 Å². The number of nitrogens with zero attached hydrogens (tertiary/aromatic N) is 5. The number of aromatic amines is 1. The molecule has 0 saturated carbocycles. The number of aromatic hydroxyl groups is 1. The van der Waals surface area contributed by atoms with E-state index in [1.54, 1.807) is 0 Å². The number of benzene rings is 2. The third-order valence-electron chi connectivity index (χ3n) is 6.94. The van der Waals surface area contributed by atoms with Crippen molar-refractivity contribution in [1.29, 1.82) is 0 Å². The first-order valence-electron chi connectivity index (χ1n) is 12.3. The van der Waals surface area contributed by atoms with E-state index in [1.165, 1.54) is 16.7 Å². The van der Waals surface area contributed by atoms with Gasteiger partial charge in [-0.25, -0.2) is 4.98 Å². The molecule has 0 amide bonds. The molecule has 2 N–H and O–H groups in total. The van der Waals surface area contributed by atoms with E-state index in [4.69, 9.17) is 0 Å². The molecule has 0 bridgehead atoms. The molecule has 38 heavy (non-hydrogen) atoms. The summed E-state index contributed by atoms with van der Waals surface area (Å²) in [4.78, 5) is 75.9. The average molecular weight is 521 g/mol. The molecule has 198 valence electrons. The maximum Gasteiger partial charge on any atom is 0.335 e. The molecule has 2 aromatic carbocycles. The molecule has 5 aromatic rings. The van der Waals surface area contributed by atoms with Crippen LogP contribution < -0.4 is 27.8 Å². The van der Waals surface area contributed by atoms with Gasteiger partial charge in [0, 0.05) is 34.6 Å². The van der Waals surface area contributed by atoms with Crippen LogP contribution in [0.2, 0.25) is 0 Å². The number of rotatable bonds is 8. The van der Waals surface area contributed by atoms with Crippen LogP contribution in [0, 0.1) is 0 Å². The number of nitrogens with one attached hydrogen (secondary N) is 1. The highest BCUT2D eigenvalue weighted by Crippen LogP contribution is 2.38. The summed E-state index contributed by atoms with van der Waals surface area (Å²) in [6.07, 6.45) is 1.07. The minimum absolute atomic E-state index is 0.0219. The van der Waals surface area contributed by atoms with E-state index < -0.39 is 27.8 Å². The van der Waals surface area contributed by atoms with Crippen molar-refractivity contribution < 1.29 is 5.11 Å². The fraction of sp³-hybridized carbons (Fsp3) is 0.385. The maximum absolute atomic E-state index is 13.8. The van der Waals surface area contributed by atoms with Crippen LogP contribution in [-0.4, -0.2) is 75.3 Å². The zero-order valence-corrected chi connectivity index (χ0v) is 21.6. The van der Waals surface area contributed by atoms with Crippen molar-refractivity contribution in [3.05, 3.63) is 63.9 Å². The van der Waals surface area contributed by atoms with Crippen LogP contribution in [0.1, 0.15) is 12.8 Å². The Morgan fingerprint density at radius 1 is 0.763 bits per heavy atom. The van der Waals surface area contributed by atoms with Crippen LogP contribution in [0.25, 0.3) is 43.4 Å². The molecule has 0 aliphatic carbocycles. The molecule has 5 rings (SSSR count). The minimum atomic E-state index is -1.11. The fourth-order valence-electron chi connectivity index (χ4n) is 5.20. The SMILES string of the molecule is CN(C)CCCn1c(O)c2ccc3c(=O)n(CCCN(C)C)c(=O)c4c5[nH]c(=O)c(=O)nc5c(c1=O)c2c34. The van der Waals surface area contributed by atoms with Crippen LogP contribution in [0.3, 0.4) is 0 Å². The molecule has 12 nitrogen and oxygen atoms in total. The van der Waals surface area contributed by atoms with Gasteiger partial charge in [-0.1, -0.05) is 0 Å². The largest absolute Gasteiger partial charge is 0.494 e. The van der Waals surface area contributed by atoms with Gasteiger partial charge < -0.3 is 19.9 Å². The second kappa shape index (κ2) is 9.30. The van der Waals surface area contributed by atoms with Crippen molar-refractivity contribution >= 4 is 43.4 Å². The zero-order valence-electron chi connectivity index (χ0n) is 21.6. The summed E-state index contributed by atoms with van der Waals surface area (Å²) in [5, 5.41) is 11.8. The van der Waals surface area contributed by atoms with Crippen LogP contribution in [-0.2, 0) is 13.1 Å². The van der Waals surface area contributed by atoms with Gasteiger partial charge in [0.25, 0.3) is 16.7 Å². The number of pyridine rings is 2. The monoisotopic (exact) mass is 520 g/mol. The van der Waals surface area contributed by atoms with Crippen LogP contribution in [0.15, 0.2) is 36.1 Å². The van der Waals surface area contributed by atoms with Crippen molar-refractivity contribution in [2.24, 2.45) is 0 Å². The summed E-state index contributed by atoms with van der Waals surface area (Å²) in [5.41, 5.74) is -4.18. The topological polar surface area (TPSA) is 151 Å². The molecule has 0 saturated heterocycles. The Balaban J connectivity index is 1.98. The van der Waals surface area contributed by atoms with Gasteiger partial charge in [-0.2, -0.15) is 0 Å². The van der Waals surface area contributed by atoms with Gasteiger partial charge in [0.05, 0.1) is 16.3 Å². The molecule has 12 heteroatoms. The quantitative estimate of drug-likeness (QED) is 0.163. The average Bonchev–Trinajstić information content (AvgIpc) is 2.85.